The second-order valence-electron chi connectivity index (χ2n) is 6.35. The largest absolute Gasteiger partial charge is 0.366 e. The van der Waals surface area contributed by atoms with Crippen molar-refractivity contribution in [3.05, 3.63) is 83.2 Å². The predicted molar refractivity (Wildman–Crippen MR) is 102 cm³/mol. The fraction of sp³-hybridized carbons (Fsp3) is 0.136. The predicted octanol–water partition coefficient (Wildman–Crippen LogP) is 4.44. The highest BCUT2D eigenvalue weighted by atomic mass is 19.1. The number of hydrogen-bond donors (Lipinski definition) is 1. The molecule has 2 N–H and O–H groups in total. The van der Waals surface area contributed by atoms with Crippen molar-refractivity contribution in [1.29, 1.82) is 0 Å². The van der Waals surface area contributed by atoms with Gasteiger partial charge in [0.1, 0.15) is 5.82 Å². The van der Waals surface area contributed by atoms with Crippen LogP contribution in [0.25, 0.3) is 21.8 Å². The first-order valence-electron chi connectivity index (χ1n) is 8.59. The minimum atomic E-state index is -0.499. The molecule has 0 unspecified atom stereocenters. The number of fused-ring (bicyclic) bond motifs is 3. The first kappa shape index (κ1) is 16.3. The van der Waals surface area contributed by atoms with Gasteiger partial charge in [0.25, 0.3) is 0 Å². The van der Waals surface area contributed by atoms with Crippen LogP contribution in [0.5, 0.6) is 0 Å². The van der Waals surface area contributed by atoms with Crippen molar-refractivity contribution in [2.45, 2.75) is 19.9 Å². The van der Waals surface area contributed by atoms with E-state index in [1.807, 2.05) is 22.8 Å². The number of halogens is 1. The van der Waals surface area contributed by atoms with Crippen LogP contribution in [-0.4, -0.2) is 10.5 Å². The van der Waals surface area contributed by atoms with E-state index in [0.717, 1.165) is 17.3 Å². The van der Waals surface area contributed by atoms with Gasteiger partial charge >= 0.3 is 0 Å². The van der Waals surface area contributed by atoms with Gasteiger partial charge in [0.05, 0.1) is 11.0 Å². The number of nitrogens with two attached hydrogens (primary N) is 1. The summed E-state index contributed by atoms with van der Waals surface area (Å²) in [5, 5.41) is 1.44. The smallest absolute Gasteiger partial charge is 0.249 e. The third kappa shape index (κ3) is 2.54. The molecule has 0 aliphatic heterocycles. The Labute approximate surface area is 150 Å². The number of primary amides is 1. The molecule has 0 aliphatic carbocycles. The fourth-order valence-electron chi connectivity index (χ4n) is 3.63. The average Bonchev–Trinajstić information content (AvgIpc) is 2.95. The number of nitrogens with zero attached hydrogens (tertiary/aromatic N) is 1. The van der Waals surface area contributed by atoms with Gasteiger partial charge in [0.2, 0.25) is 5.91 Å². The minimum absolute atomic E-state index is 0.356. The molecule has 0 bridgehead atoms. The zero-order valence-electron chi connectivity index (χ0n) is 14.4. The quantitative estimate of drug-likeness (QED) is 0.584. The summed E-state index contributed by atoms with van der Waals surface area (Å²) >= 11 is 0. The van der Waals surface area contributed by atoms with Crippen molar-refractivity contribution in [3.8, 4) is 0 Å². The van der Waals surface area contributed by atoms with Crippen molar-refractivity contribution in [1.82, 2.24) is 4.57 Å². The summed E-state index contributed by atoms with van der Waals surface area (Å²) in [7, 11) is 0. The number of carbonyl (C=O) groups is 1. The molecule has 3 nitrogen and oxygen atoms in total. The summed E-state index contributed by atoms with van der Waals surface area (Å²) in [6, 6.07) is 19.4. The molecule has 1 radical (unpaired) electrons. The van der Waals surface area contributed by atoms with E-state index in [9.17, 15) is 9.18 Å². The minimum Gasteiger partial charge on any atom is -0.366 e. The summed E-state index contributed by atoms with van der Waals surface area (Å²) < 4.78 is 16.0. The van der Waals surface area contributed by atoms with Crippen LogP contribution in [0.4, 0.5) is 4.39 Å². The lowest BCUT2D eigenvalue weighted by Crippen LogP contribution is -2.11. The van der Waals surface area contributed by atoms with Crippen LogP contribution in [0, 0.1) is 11.9 Å². The summed E-state index contributed by atoms with van der Waals surface area (Å²) in [6.07, 6.45) is 0.917. The highest BCUT2D eigenvalue weighted by Crippen LogP contribution is 2.32. The topological polar surface area (TPSA) is 48.0 Å². The Morgan fingerprint density at radius 2 is 1.88 bits per heavy atom. The molecule has 26 heavy (non-hydrogen) atoms. The molecule has 4 heteroatoms. The molecule has 0 atom stereocenters. The summed E-state index contributed by atoms with van der Waals surface area (Å²) in [6.45, 7) is 2.70. The van der Waals surface area contributed by atoms with Gasteiger partial charge in [-0.2, -0.15) is 0 Å². The standard InChI is InChI=1S/C22H18FN2O/c1-2-14-6-3-4-7-15(14)13-25-19-9-5-8-18(22(24)26)21(19)17-11-10-16(23)12-20(17)25/h3-10,12H,2,13H2,1H3,(H2,24,26). The van der Waals surface area contributed by atoms with Crippen molar-refractivity contribution in [2.75, 3.05) is 0 Å². The Hall–Kier alpha value is -3.14. The third-order valence-corrected chi connectivity index (χ3v) is 4.85. The molecule has 0 spiro atoms. The fourth-order valence-corrected chi connectivity index (χ4v) is 3.63. The van der Waals surface area contributed by atoms with Gasteiger partial charge < -0.3 is 10.3 Å². The Bertz CT molecular complexity index is 1140. The van der Waals surface area contributed by atoms with Crippen LogP contribution < -0.4 is 5.73 Å². The number of amides is 1. The second-order valence-corrected chi connectivity index (χ2v) is 6.35. The maximum absolute atomic E-state index is 14.0. The van der Waals surface area contributed by atoms with E-state index in [2.05, 4.69) is 25.1 Å². The van der Waals surface area contributed by atoms with Gasteiger partial charge in [0, 0.05) is 22.9 Å². The van der Waals surface area contributed by atoms with Gasteiger partial charge in [-0.3, -0.25) is 4.79 Å². The summed E-state index contributed by atoms with van der Waals surface area (Å²) in [4.78, 5) is 11.9. The van der Waals surface area contributed by atoms with Gasteiger partial charge in [-0.25, -0.2) is 4.39 Å². The molecule has 1 amide bonds. The summed E-state index contributed by atoms with van der Waals surface area (Å²) in [5.41, 5.74) is 9.97. The number of benzene rings is 3. The molecule has 0 saturated heterocycles. The highest BCUT2D eigenvalue weighted by Gasteiger charge is 2.17. The molecule has 4 aromatic rings. The lowest BCUT2D eigenvalue weighted by molar-refractivity contribution is 0.100. The average molecular weight is 345 g/mol. The molecular weight excluding hydrogens is 327 g/mol. The third-order valence-electron chi connectivity index (χ3n) is 4.85. The maximum Gasteiger partial charge on any atom is 0.249 e. The van der Waals surface area contributed by atoms with E-state index >= 15 is 0 Å². The molecule has 129 valence electrons. The van der Waals surface area contributed by atoms with E-state index in [0.29, 0.717) is 23.0 Å². The van der Waals surface area contributed by atoms with Crippen LogP contribution in [0.3, 0.4) is 0 Å². The lowest BCUT2D eigenvalue weighted by Gasteiger charge is -2.11. The van der Waals surface area contributed by atoms with Gasteiger partial charge in [-0.15, -0.1) is 0 Å². The van der Waals surface area contributed by atoms with Crippen molar-refractivity contribution in [3.63, 3.8) is 0 Å². The number of aromatic nitrogens is 1. The van der Waals surface area contributed by atoms with Gasteiger partial charge in [-0.05, 0) is 47.9 Å². The van der Waals surface area contributed by atoms with E-state index < -0.39 is 5.91 Å². The van der Waals surface area contributed by atoms with Crippen LogP contribution >= 0.6 is 0 Å². The highest BCUT2D eigenvalue weighted by molar-refractivity contribution is 6.17. The molecule has 0 saturated carbocycles. The SMILES string of the molecule is CCc1ccccc1Cn1c2cc(F)c[c]c2c2c(C(N)=O)cccc21. The van der Waals surface area contributed by atoms with Crippen molar-refractivity contribution in [2.24, 2.45) is 5.73 Å². The second kappa shape index (κ2) is 6.30. The first-order valence-corrected chi connectivity index (χ1v) is 8.59. The number of hydrogen-bond acceptors (Lipinski definition) is 1. The number of rotatable bonds is 4. The van der Waals surface area contributed by atoms with E-state index in [1.54, 1.807) is 12.1 Å². The molecule has 4 rings (SSSR count). The maximum atomic E-state index is 14.0. The Morgan fingerprint density at radius 1 is 1.12 bits per heavy atom. The Balaban J connectivity index is 2.05. The monoisotopic (exact) mass is 345 g/mol. The zero-order valence-corrected chi connectivity index (χ0v) is 14.4. The molecule has 0 aliphatic rings. The molecule has 1 aromatic heterocycles. The zero-order chi connectivity index (χ0) is 18.3. The van der Waals surface area contributed by atoms with E-state index in [-0.39, 0.29) is 5.82 Å². The summed E-state index contributed by atoms with van der Waals surface area (Å²) in [5.74, 6) is -0.854. The van der Waals surface area contributed by atoms with Crippen LogP contribution in [-0.2, 0) is 13.0 Å². The van der Waals surface area contributed by atoms with E-state index in [4.69, 9.17) is 5.73 Å². The van der Waals surface area contributed by atoms with Crippen molar-refractivity contribution < 1.29 is 9.18 Å². The molecular formula is C22H18FN2O. The van der Waals surface area contributed by atoms with Crippen LogP contribution in [0.1, 0.15) is 28.4 Å². The normalized spacial score (nSPS) is 11.3. The number of aryl methyl sites for hydroxylation is 1. The number of carbonyl (C=O) groups excluding carboxylic acids is 1. The van der Waals surface area contributed by atoms with Crippen molar-refractivity contribution >= 4 is 27.7 Å². The van der Waals surface area contributed by atoms with Crippen LogP contribution in [0.2, 0.25) is 0 Å². The molecule has 3 aromatic carbocycles. The Kier molecular flexibility index (Phi) is 3.96. The lowest BCUT2D eigenvalue weighted by atomic mass is 10.1. The molecule has 0 fully saturated rings. The van der Waals surface area contributed by atoms with E-state index in [1.165, 1.54) is 23.3 Å². The van der Waals surface area contributed by atoms with Gasteiger partial charge in [-0.1, -0.05) is 37.3 Å². The van der Waals surface area contributed by atoms with Gasteiger partial charge in [0.15, 0.2) is 0 Å². The first-order chi connectivity index (χ1) is 12.6. The Morgan fingerprint density at radius 3 is 2.62 bits per heavy atom. The molecule has 1 heterocycles. The van der Waals surface area contributed by atoms with Crippen LogP contribution in [0.15, 0.2) is 54.6 Å².